The van der Waals surface area contributed by atoms with Crippen molar-refractivity contribution in [2.45, 2.75) is 27.7 Å². The van der Waals surface area contributed by atoms with Gasteiger partial charge in [-0.05, 0) is 43.5 Å². The van der Waals surface area contributed by atoms with Gasteiger partial charge < -0.3 is 20.1 Å². The molecule has 7 heteroatoms. The Morgan fingerprint density at radius 2 is 1.73 bits per heavy atom. The normalized spacial score (nSPS) is 10.4. The average molecular weight is 412 g/mol. The van der Waals surface area contributed by atoms with Gasteiger partial charge in [0.05, 0.1) is 11.3 Å². The van der Waals surface area contributed by atoms with Crippen LogP contribution < -0.4 is 15.4 Å². The molecule has 0 aromatic heterocycles. The molecular formula is C23H28N2O5. The van der Waals surface area contributed by atoms with Crippen molar-refractivity contribution in [3.05, 3.63) is 59.2 Å². The number of carbonyl (C=O) groups excluding carboxylic acids is 3. The Morgan fingerprint density at radius 1 is 1.00 bits per heavy atom. The van der Waals surface area contributed by atoms with Gasteiger partial charge in [0.2, 0.25) is 0 Å². The van der Waals surface area contributed by atoms with E-state index in [1.807, 2.05) is 39.8 Å². The zero-order chi connectivity index (χ0) is 22.1. The Hall–Kier alpha value is -3.35. The van der Waals surface area contributed by atoms with Crippen LogP contribution in [0.25, 0.3) is 0 Å². The van der Waals surface area contributed by atoms with E-state index in [-0.39, 0.29) is 12.5 Å². The summed E-state index contributed by atoms with van der Waals surface area (Å²) in [7, 11) is 0. The lowest BCUT2D eigenvalue weighted by atomic mass is 10.1. The molecule has 0 aliphatic carbocycles. The van der Waals surface area contributed by atoms with Crippen LogP contribution >= 0.6 is 0 Å². The van der Waals surface area contributed by atoms with Gasteiger partial charge >= 0.3 is 5.97 Å². The van der Waals surface area contributed by atoms with Gasteiger partial charge in [-0.1, -0.05) is 43.7 Å². The molecule has 0 saturated heterocycles. The second-order valence-electron chi connectivity index (χ2n) is 7.42. The fourth-order valence-corrected chi connectivity index (χ4v) is 2.65. The summed E-state index contributed by atoms with van der Waals surface area (Å²) in [6.45, 7) is 7.59. The number of ether oxygens (including phenoxy) is 2. The summed E-state index contributed by atoms with van der Waals surface area (Å²) < 4.78 is 10.4. The average Bonchev–Trinajstić information content (AvgIpc) is 2.70. The lowest BCUT2D eigenvalue weighted by molar-refractivity contribution is -0.149. The molecule has 160 valence electrons. The van der Waals surface area contributed by atoms with E-state index in [0.29, 0.717) is 29.5 Å². The standard InChI is InChI=1S/C23H28N2O5/c1-15(2)12-24-23(28)18-7-5-6-8-19(18)25-21(26)13-30-22(27)14-29-20-10-9-16(3)11-17(20)4/h5-11,15H,12-14H2,1-4H3,(H,24,28)(H,25,26). The lowest BCUT2D eigenvalue weighted by Gasteiger charge is -2.13. The zero-order valence-corrected chi connectivity index (χ0v) is 17.8. The van der Waals surface area contributed by atoms with Gasteiger partial charge in [-0.15, -0.1) is 0 Å². The van der Waals surface area contributed by atoms with Gasteiger partial charge in [0, 0.05) is 6.54 Å². The van der Waals surface area contributed by atoms with E-state index in [2.05, 4.69) is 10.6 Å². The maximum atomic E-state index is 12.3. The van der Waals surface area contributed by atoms with Crippen LogP contribution in [0.2, 0.25) is 0 Å². The minimum Gasteiger partial charge on any atom is -0.482 e. The monoisotopic (exact) mass is 412 g/mol. The first-order valence-corrected chi connectivity index (χ1v) is 9.79. The van der Waals surface area contributed by atoms with Crippen LogP contribution in [0.3, 0.4) is 0 Å². The Morgan fingerprint density at radius 3 is 2.43 bits per heavy atom. The summed E-state index contributed by atoms with van der Waals surface area (Å²) in [6, 6.07) is 12.3. The van der Waals surface area contributed by atoms with Gasteiger partial charge in [0.25, 0.3) is 11.8 Å². The van der Waals surface area contributed by atoms with Gasteiger partial charge in [-0.25, -0.2) is 4.79 Å². The first-order chi connectivity index (χ1) is 14.3. The maximum absolute atomic E-state index is 12.3. The SMILES string of the molecule is Cc1ccc(OCC(=O)OCC(=O)Nc2ccccc2C(=O)NCC(C)C)c(C)c1. The van der Waals surface area contributed by atoms with Crippen molar-refractivity contribution in [3.8, 4) is 5.75 Å². The van der Waals surface area contributed by atoms with Crippen molar-refractivity contribution >= 4 is 23.5 Å². The molecule has 0 bridgehead atoms. The topological polar surface area (TPSA) is 93.7 Å². The maximum Gasteiger partial charge on any atom is 0.344 e. The van der Waals surface area contributed by atoms with Crippen molar-refractivity contribution in [2.75, 3.05) is 25.1 Å². The van der Waals surface area contributed by atoms with Crippen molar-refractivity contribution in [2.24, 2.45) is 5.92 Å². The number of nitrogens with one attached hydrogen (secondary N) is 2. The zero-order valence-electron chi connectivity index (χ0n) is 17.8. The molecule has 2 aromatic carbocycles. The molecule has 30 heavy (non-hydrogen) atoms. The summed E-state index contributed by atoms with van der Waals surface area (Å²) in [5.41, 5.74) is 2.70. The highest BCUT2D eigenvalue weighted by Crippen LogP contribution is 2.18. The van der Waals surface area contributed by atoms with Crippen LogP contribution in [0.4, 0.5) is 5.69 Å². The smallest absolute Gasteiger partial charge is 0.344 e. The number of hydrogen-bond acceptors (Lipinski definition) is 5. The number of aryl methyl sites for hydroxylation is 2. The number of rotatable bonds is 9. The van der Waals surface area contributed by atoms with E-state index in [1.54, 1.807) is 30.3 Å². The van der Waals surface area contributed by atoms with Gasteiger partial charge in [0.1, 0.15) is 5.75 Å². The fourth-order valence-electron chi connectivity index (χ4n) is 2.65. The molecule has 2 rings (SSSR count). The summed E-state index contributed by atoms with van der Waals surface area (Å²) in [6.07, 6.45) is 0. The minimum absolute atomic E-state index is 0.279. The van der Waals surface area contributed by atoms with Crippen LogP contribution in [0.15, 0.2) is 42.5 Å². The number of esters is 1. The summed E-state index contributed by atoms with van der Waals surface area (Å²) >= 11 is 0. The molecule has 0 aliphatic rings. The molecule has 2 amide bonds. The summed E-state index contributed by atoms with van der Waals surface area (Å²) in [5.74, 6) is -0.588. The highest BCUT2D eigenvalue weighted by Gasteiger charge is 2.15. The van der Waals surface area contributed by atoms with Crippen LogP contribution in [-0.2, 0) is 14.3 Å². The number of benzene rings is 2. The number of anilines is 1. The Balaban J connectivity index is 1.84. The highest BCUT2D eigenvalue weighted by molar-refractivity contribution is 6.04. The van der Waals surface area contributed by atoms with Crippen LogP contribution in [-0.4, -0.2) is 37.5 Å². The molecule has 7 nitrogen and oxygen atoms in total. The number of amides is 2. The predicted octanol–water partition coefficient (Wildman–Crippen LogP) is 3.25. The molecule has 2 aromatic rings. The van der Waals surface area contributed by atoms with Crippen molar-refractivity contribution in [1.82, 2.24) is 5.32 Å². The fraction of sp³-hybridized carbons (Fsp3) is 0.348. The molecule has 0 spiro atoms. The molecule has 0 fully saturated rings. The molecule has 0 unspecified atom stereocenters. The van der Waals surface area contributed by atoms with E-state index < -0.39 is 18.5 Å². The molecular weight excluding hydrogens is 384 g/mol. The van der Waals surface area contributed by atoms with Gasteiger partial charge in [-0.2, -0.15) is 0 Å². The van der Waals surface area contributed by atoms with Crippen LogP contribution in [0.5, 0.6) is 5.75 Å². The van der Waals surface area contributed by atoms with Crippen molar-refractivity contribution in [1.29, 1.82) is 0 Å². The van der Waals surface area contributed by atoms with Crippen molar-refractivity contribution in [3.63, 3.8) is 0 Å². The third-order valence-corrected chi connectivity index (χ3v) is 4.16. The quantitative estimate of drug-likeness (QED) is 0.617. The van der Waals surface area contributed by atoms with Gasteiger partial charge in [0.15, 0.2) is 13.2 Å². The lowest BCUT2D eigenvalue weighted by Crippen LogP contribution is -2.29. The van der Waals surface area contributed by atoms with E-state index >= 15 is 0 Å². The van der Waals surface area contributed by atoms with Crippen molar-refractivity contribution < 1.29 is 23.9 Å². The summed E-state index contributed by atoms with van der Waals surface area (Å²) in [4.78, 5) is 36.4. The Labute approximate surface area is 176 Å². The first-order valence-electron chi connectivity index (χ1n) is 9.79. The summed E-state index contributed by atoms with van der Waals surface area (Å²) in [5, 5.41) is 5.42. The number of para-hydroxylation sites is 1. The molecule has 0 atom stereocenters. The first kappa shape index (κ1) is 22.9. The Kier molecular flexibility index (Phi) is 8.41. The third-order valence-electron chi connectivity index (χ3n) is 4.16. The second kappa shape index (κ2) is 11.0. The third kappa shape index (κ3) is 7.24. The number of hydrogen-bond donors (Lipinski definition) is 2. The van der Waals surface area contributed by atoms with E-state index in [9.17, 15) is 14.4 Å². The molecule has 0 heterocycles. The van der Waals surface area contributed by atoms with E-state index in [0.717, 1.165) is 11.1 Å². The highest BCUT2D eigenvalue weighted by atomic mass is 16.6. The van der Waals surface area contributed by atoms with E-state index in [4.69, 9.17) is 9.47 Å². The molecule has 0 saturated carbocycles. The molecule has 2 N–H and O–H groups in total. The second-order valence-corrected chi connectivity index (χ2v) is 7.42. The Bertz CT molecular complexity index is 908. The largest absolute Gasteiger partial charge is 0.482 e. The predicted molar refractivity (Wildman–Crippen MR) is 115 cm³/mol. The molecule has 0 radical (unpaired) electrons. The van der Waals surface area contributed by atoms with Crippen LogP contribution in [0.1, 0.15) is 35.3 Å². The minimum atomic E-state index is -0.659. The molecule has 0 aliphatic heterocycles. The van der Waals surface area contributed by atoms with Crippen LogP contribution in [0, 0.1) is 19.8 Å². The number of carbonyl (C=O) groups is 3. The van der Waals surface area contributed by atoms with E-state index in [1.165, 1.54) is 0 Å². The van der Waals surface area contributed by atoms with Gasteiger partial charge in [-0.3, -0.25) is 9.59 Å².